The monoisotopic (exact) mass is 265 g/mol. The molecule has 0 aliphatic heterocycles. The number of methoxy groups -OCH3 is 1. The van der Waals surface area contributed by atoms with Gasteiger partial charge < -0.3 is 15.2 Å². The molecular formula is C15H23NO3. The quantitative estimate of drug-likeness (QED) is 0.828. The molecule has 0 saturated heterocycles. The Bertz CT molecular complexity index is 406. The number of nitrogens with two attached hydrogens (primary N) is 1. The second-order valence-corrected chi connectivity index (χ2v) is 5.59. The minimum absolute atomic E-state index is 0.367. The first kappa shape index (κ1) is 15.7. The molecule has 0 bridgehead atoms. The molecule has 1 aromatic carbocycles. The van der Waals surface area contributed by atoms with E-state index in [0.29, 0.717) is 13.0 Å². The molecule has 0 saturated carbocycles. The minimum Gasteiger partial charge on any atom is -0.459 e. The van der Waals surface area contributed by atoms with Crippen molar-refractivity contribution in [3.63, 3.8) is 0 Å². The lowest BCUT2D eigenvalue weighted by Crippen LogP contribution is -2.38. The van der Waals surface area contributed by atoms with E-state index in [1.165, 1.54) is 0 Å². The van der Waals surface area contributed by atoms with Crippen molar-refractivity contribution in [2.75, 3.05) is 7.11 Å². The molecule has 4 nitrogen and oxygen atoms in total. The number of carbonyl (C=O) groups excluding carboxylic acids is 1. The smallest absolute Gasteiger partial charge is 0.323 e. The maximum Gasteiger partial charge on any atom is 0.323 e. The van der Waals surface area contributed by atoms with E-state index in [4.69, 9.17) is 15.2 Å². The maximum atomic E-state index is 11.8. The summed E-state index contributed by atoms with van der Waals surface area (Å²) in [4.78, 5) is 11.8. The Hall–Kier alpha value is -1.39. The van der Waals surface area contributed by atoms with Gasteiger partial charge in [-0.3, -0.25) is 4.79 Å². The highest BCUT2D eigenvalue weighted by Crippen LogP contribution is 2.11. The summed E-state index contributed by atoms with van der Waals surface area (Å²) in [6, 6.07) is 7.23. The first-order valence-electron chi connectivity index (χ1n) is 6.37. The van der Waals surface area contributed by atoms with Crippen LogP contribution in [-0.4, -0.2) is 24.7 Å². The Labute approximate surface area is 114 Å². The van der Waals surface area contributed by atoms with E-state index in [1.54, 1.807) is 7.11 Å². The second-order valence-electron chi connectivity index (χ2n) is 5.59. The highest BCUT2D eigenvalue weighted by molar-refractivity contribution is 5.76. The van der Waals surface area contributed by atoms with Crippen LogP contribution in [0.3, 0.4) is 0 Å². The van der Waals surface area contributed by atoms with Crippen molar-refractivity contribution in [2.24, 2.45) is 5.73 Å². The predicted molar refractivity (Wildman–Crippen MR) is 74.7 cm³/mol. The summed E-state index contributed by atoms with van der Waals surface area (Å²) >= 11 is 0. The molecule has 0 spiro atoms. The van der Waals surface area contributed by atoms with Gasteiger partial charge in [0.1, 0.15) is 11.6 Å². The molecule has 0 heterocycles. The van der Waals surface area contributed by atoms with Gasteiger partial charge in [-0.25, -0.2) is 0 Å². The normalized spacial score (nSPS) is 13.1. The lowest BCUT2D eigenvalue weighted by molar-refractivity contribution is -0.156. The summed E-state index contributed by atoms with van der Waals surface area (Å²) in [7, 11) is 1.66. The van der Waals surface area contributed by atoms with Crippen molar-refractivity contribution in [1.29, 1.82) is 0 Å². The SMILES string of the molecule is COCc1ccc(CC(N)C(=O)OC(C)(C)C)cc1. The van der Waals surface area contributed by atoms with Gasteiger partial charge in [0.05, 0.1) is 6.61 Å². The second kappa shape index (κ2) is 6.68. The molecule has 1 unspecified atom stereocenters. The van der Waals surface area contributed by atoms with Gasteiger partial charge >= 0.3 is 5.97 Å². The summed E-state index contributed by atoms with van der Waals surface area (Å²) in [5.74, 6) is -0.367. The third-order valence-corrected chi connectivity index (χ3v) is 2.50. The first-order valence-corrected chi connectivity index (χ1v) is 6.37. The third-order valence-electron chi connectivity index (χ3n) is 2.50. The fourth-order valence-electron chi connectivity index (χ4n) is 1.65. The van der Waals surface area contributed by atoms with Gasteiger partial charge in [-0.2, -0.15) is 0 Å². The number of hydrogen-bond acceptors (Lipinski definition) is 4. The number of benzene rings is 1. The van der Waals surface area contributed by atoms with E-state index in [1.807, 2.05) is 45.0 Å². The Morgan fingerprint density at radius 1 is 1.21 bits per heavy atom. The topological polar surface area (TPSA) is 61.5 Å². The predicted octanol–water partition coefficient (Wildman–Crippen LogP) is 2.04. The molecule has 0 radical (unpaired) electrons. The molecule has 19 heavy (non-hydrogen) atoms. The highest BCUT2D eigenvalue weighted by atomic mass is 16.6. The third kappa shape index (κ3) is 5.85. The van der Waals surface area contributed by atoms with Crippen molar-refractivity contribution in [3.8, 4) is 0 Å². The molecule has 1 atom stereocenters. The lowest BCUT2D eigenvalue weighted by Gasteiger charge is -2.22. The molecular weight excluding hydrogens is 242 g/mol. The largest absolute Gasteiger partial charge is 0.459 e. The van der Waals surface area contributed by atoms with Crippen molar-refractivity contribution < 1.29 is 14.3 Å². The Morgan fingerprint density at radius 3 is 2.21 bits per heavy atom. The van der Waals surface area contributed by atoms with Gasteiger partial charge in [0.2, 0.25) is 0 Å². The molecule has 106 valence electrons. The van der Waals surface area contributed by atoms with Gasteiger partial charge in [-0.05, 0) is 38.3 Å². The number of carbonyl (C=O) groups is 1. The molecule has 4 heteroatoms. The van der Waals surface area contributed by atoms with Crippen molar-refractivity contribution in [1.82, 2.24) is 0 Å². The van der Waals surface area contributed by atoms with Crippen LogP contribution in [0.2, 0.25) is 0 Å². The average Bonchev–Trinajstić information content (AvgIpc) is 2.29. The van der Waals surface area contributed by atoms with E-state index in [9.17, 15) is 4.79 Å². The first-order chi connectivity index (χ1) is 8.81. The fourth-order valence-corrected chi connectivity index (χ4v) is 1.65. The van der Waals surface area contributed by atoms with E-state index in [-0.39, 0.29) is 5.97 Å². The van der Waals surface area contributed by atoms with E-state index >= 15 is 0 Å². The minimum atomic E-state index is -0.632. The van der Waals surface area contributed by atoms with Crippen LogP contribution in [0, 0.1) is 0 Å². The standard InChI is InChI=1S/C15H23NO3/c1-15(2,3)19-14(17)13(16)9-11-5-7-12(8-6-11)10-18-4/h5-8,13H,9-10,16H2,1-4H3. The number of esters is 1. The number of rotatable bonds is 5. The highest BCUT2D eigenvalue weighted by Gasteiger charge is 2.22. The van der Waals surface area contributed by atoms with Crippen LogP contribution in [0.4, 0.5) is 0 Å². The zero-order chi connectivity index (χ0) is 14.5. The van der Waals surface area contributed by atoms with Crippen LogP contribution in [0.15, 0.2) is 24.3 Å². The Balaban J connectivity index is 2.56. The van der Waals surface area contributed by atoms with Crippen LogP contribution < -0.4 is 5.73 Å². The zero-order valence-electron chi connectivity index (χ0n) is 12.1. The summed E-state index contributed by atoms with van der Waals surface area (Å²) in [5, 5.41) is 0. The summed E-state index contributed by atoms with van der Waals surface area (Å²) < 4.78 is 10.3. The fraction of sp³-hybridized carbons (Fsp3) is 0.533. The molecule has 0 amide bonds. The van der Waals surface area contributed by atoms with Crippen molar-refractivity contribution >= 4 is 5.97 Å². The molecule has 0 aromatic heterocycles. The van der Waals surface area contributed by atoms with Crippen molar-refractivity contribution in [2.45, 2.75) is 45.4 Å². The van der Waals surface area contributed by atoms with Crippen LogP contribution in [-0.2, 0) is 27.3 Å². The average molecular weight is 265 g/mol. The summed E-state index contributed by atoms with van der Waals surface area (Å²) in [6.45, 7) is 6.07. The van der Waals surface area contributed by atoms with Gasteiger partial charge in [-0.1, -0.05) is 24.3 Å². The van der Waals surface area contributed by atoms with E-state index < -0.39 is 11.6 Å². The van der Waals surface area contributed by atoms with Crippen LogP contribution in [0.1, 0.15) is 31.9 Å². The lowest BCUT2D eigenvalue weighted by atomic mass is 10.0. The van der Waals surface area contributed by atoms with Gasteiger partial charge in [0.15, 0.2) is 0 Å². The molecule has 0 aliphatic rings. The molecule has 0 aliphatic carbocycles. The van der Waals surface area contributed by atoms with Gasteiger partial charge in [0, 0.05) is 7.11 Å². The molecule has 2 N–H and O–H groups in total. The summed E-state index contributed by atoms with van der Waals surface area (Å²) in [6.07, 6.45) is 0.474. The van der Waals surface area contributed by atoms with Crippen LogP contribution in [0.5, 0.6) is 0 Å². The van der Waals surface area contributed by atoms with Gasteiger partial charge in [-0.15, -0.1) is 0 Å². The Morgan fingerprint density at radius 2 is 1.74 bits per heavy atom. The van der Waals surface area contributed by atoms with E-state index in [2.05, 4.69) is 0 Å². The molecule has 1 rings (SSSR count). The van der Waals surface area contributed by atoms with Crippen LogP contribution >= 0.6 is 0 Å². The number of ether oxygens (including phenoxy) is 2. The number of hydrogen-bond donors (Lipinski definition) is 1. The summed E-state index contributed by atoms with van der Waals surface area (Å²) in [5.41, 5.74) is 7.46. The van der Waals surface area contributed by atoms with Gasteiger partial charge in [0.25, 0.3) is 0 Å². The zero-order valence-corrected chi connectivity index (χ0v) is 12.1. The maximum absolute atomic E-state index is 11.8. The van der Waals surface area contributed by atoms with Crippen LogP contribution in [0.25, 0.3) is 0 Å². The Kier molecular flexibility index (Phi) is 5.51. The molecule has 1 aromatic rings. The molecule has 0 fully saturated rings. The van der Waals surface area contributed by atoms with E-state index in [0.717, 1.165) is 11.1 Å². The van der Waals surface area contributed by atoms with Crippen molar-refractivity contribution in [3.05, 3.63) is 35.4 Å².